The minimum Gasteiger partial charge on any atom is -0.508 e. The van der Waals surface area contributed by atoms with E-state index in [1.165, 1.54) is 12.3 Å². The van der Waals surface area contributed by atoms with E-state index in [4.69, 9.17) is 4.74 Å². The van der Waals surface area contributed by atoms with Crippen LogP contribution in [0.2, 0.25) is 0 Å². The number of aromatic nitrogens is 1. The van der Waals surface area contributed by atoms with E-state index in [9.17, 15) is 14.7 Å². The predicted octanol–water partition coefficient (Wildman–Crippen LogP) is 5.44. The van der Waals surface area contributed by atoms with E-state index in [0.717, 1.165) is 11.1 Å². The number of carbonyl (C=O) groups is 1. The molecule has 3 aromatic rings. The maximum Gasteiger partial charge on any atom is 0.417 e. The molecule has 1 heterocycles. The summed E-state index contributed by atoms with van der Waals surface area (Å²) in [6.07, 6.45) is 0.568. The fraction of sp³-hybridized carbons (Fsp3) is 0.333. The summed E-state index contributed by atoms with van der Waals surface area (Å²) >= 11 is 0. The van der Waals surface area contributed by atoms with Crippen LogP contribution in [0.3, 0.4) is 0 Å². The predicted molar refractivity (Wildman–Crippen MR) is 120 cm³/mol. The van der Waals surface area contributed by atoms with Gasteiger partial charge in [-0.05, 0) is 40.2 Å². The van der Waals surface area contributed by atoms with E-state index in [1.807, 2.05) is 53.7 Å². The van der Waals surface area contributed by atoms with Crippen LogP contribution in [0.4, 0.5) is 10.5 Å². The molecule has 0 fully saturated rings. The molecule has 0 spiro atoms. The van der Waals surface area contributed by atoms with Gasteiger partial charge in [-0.25, -0.2) is 4.79 Å². The van der Waals surface area contributed by atoms with Crippen LogP contribution in [-0.2, 0) is 10.8 Å². The number of hydrogen-bond acceptors (Lipinski definition) is 4. The number of pyridine rings is 1. The third kappa shape index (κ3) is 4.32. The number of hydrogen-bond donors (Lipinski definition) is 3. The second-order valence-electron chi connectivity index (χ2n) is 9.46. The summed E-state index contributed by atoms with van der Waals surface area (Å²) < 4.78 is 5.29. The van der Waals surface area contributed by atoms with Crippen molar-refractivity contribution in [2.24, 2.45) is 0 Å². The van der Waals surface area contributed by atoms with Crippen LogP contribution in [0.5, 0.6) is 11.5 Å². The Labute approximate surface area is 175 Å². The zero-order valence-corrected chi connectivity index (χ0v) is 18.2. The Morgan fingerprint density at radius 3 is 2.27 bits per heavy atom. The molecule has 0 radical (unpaired) electrons. The van der Waals surface area contributed by atoms with Crippen molar-refractivity contribution in [3.63, 3.8) is 0 Å². The van der Waals surface area contributed by atoms with Crippen molar-refractivity contribution in [3.05, 3.63) is 63.9 Å². The number of carbonyl (C=O) groups excluding carboxylic acids is 1. The number of anilines is 1. The third-order valence-corrected chi connectivity index (χ3v) is 4.95. The van der Waals surface area contributed by atoms with Gasteiger partial charge in [0.1, 0.15) is 5.75 Å². The quantitative estimate of drug-likeness (QED) is 0.526. The Balaban J connectivity index is 1.94. The van der Waals surface area contributed by atoms with Gasteiger partial charge in [-0.2, -0.15) is 0 Å². The van der Waals surface area contributed by atoms with Crippen LogP contribution in [0, 0.1) is 0 Å². The zero-order valence-electron chi connectivity index (χ0n) is 18.2. The second kappa shape index (κ2) is 7.52. The average molecular weight is 408 g/mol. The number of phenolic OH excluding ortho intramolecular Hbond substituents is 1. The molecule has 0 saturated heterocycles. The minimum absolute atomic E-state index is 0.0920. The molecule has 6 nitrogen and oxygen atoms in total. The third-order valence-electron chi connectivity index (χ3n) is 4.95. The van der Waals surface area contributed by atoms with Crippen molar-refractivity contribution in [1.82, 2.24) is 4.98 Å². The molecule has 0 saturated carbocycles. The first-order chi connectivity index (χ1) is 13.9. The van der Waals surface area contributed by atoms with Crippen molar-refractivity contribution in [1.29, 1.82) is 0 Å². The molecule has 30 heavy (non-hydrogen) atoms. The van der Waals surface area contributed by atoms with Crippen LogP contribution < -0.4 is 15.5 Å². The highest BCUT2D eigenvalue weighted by molar-refractivity contribution is 5.89. The normalized spacial score (nSPS) is 12.1. The van der Waals surface area contributed by atoms with Crippen molar-refractivity contribution < 1.29 is 14.6 Å². The first-order valence-corrected chi connectivity index (χ1v) is 9.85. The van der Waals surface area contributed by atoms with E-state index in [1.54, 1.807) is 18.2 Å². The number of H-pyrrole nitrogens is 1. The van der Waals surface area contributed by atoms with Crippen LogP contribution in [0.25, 0.3) is 10.9 Å². The summed E-state index contributed by atoms with van der Waals surface area (Å²) in [5, 5.41) is 13.7. The number of aromatic amines is 1. The monoisotopic (exact) mass is 408 g/mol. The second-order valence-corrected chi connectivity index (χ2v) is 9.46. The van der Waals surface area contributed by atoms with Crippen molar-refractivity contribution in [2.45, 2.75) is 52.4 Å². The lowest BCUT2D eigenvalue weighted by Gasteiger charge is -2.28. The molecule has 1 aromatic heterocycles. The Kier molecular flexibility index (Phi) is 5.37. The van der Waals surface area contributed by atoms with Crippen molar-refractivity contribution >= 4 is 22.7 Å². The van der Waals surface area contributed by atoms with Gasteiger partial charge in [0.2, 0.25) is 5.43 Å². The van der Waals surface area contributed by atoms with Gasteiger partial charge in [0, 0.05) is 23.2 Å². The van der Waals surface area contributed by atoms with E-state index in [2.05, 4.69) is 10.3 Å². The van der Waals surface area contributed by atoms with Gasteiger partial charge >= 0.3 is 6.09 Å². The van der Waals surface area contributed by atoms with Crippen LogP contribution >= 0.6 is 0 Å². The van der Waals surface area contributed by atoms with Gasteiger partial charge in [0.25, 0.3) is 0 Å². The SMILES string of the molecule is CC(C)(C)c1cc(C(C)(C)C)c(NC(=O)Oc2c[nH]c3ccccc3c2=O)cc1O. The summed E-state index contributed by atoms with van der Waals surface area (Å²) in [4.78, 5) is 28.1. The van der Waals surface area contributed by atoms with Crippen LogP contribution in [0.1, 0.15) is 52.7 Å². The number of fused-ring (bicyclic) bond motifs is 1. The first-order valence-electron chi connectivity index (χ1n) is 9.85. The Hall–Kier alpha value is -3.28. The maximum absolute atomic E-state index is 12.6. The number of benzene rings is 2. The number of nitrogens with one attached hydrogen (secondary N) is 2. The summed E-state index contributed by atoms with van der Waals surface area (Å²) in [7, 11) is 0. The molecule has 0 bridgehead atoms. The molecule has 1 amide bonds. The van der Waals surface area contributed by atoms with Crippen LogP contribution in [0.15, 0.2) is 47.4 Å². The van der Waals surface area contributed by atoms with Crippen molar-refractivity contribution in [3.8, 4) is 11.5 Å². The highest BCUT2D eigenvalue weighted by Gasteiger charge is 2.26. The lowest BCUT2D eigenvalue weighted by atomic mass is 9.79. The van der Waals surface area contributed by atoms with Gasteiger partial charge in [0.15, 0.2) is 5.75 Å². The standard InChI is InChI=1S/C24H28N2O4/c1-23(2,3)15-11-16(24(4,5)6)19(27)12-18(15)26-22(29)30-20-13-25-17-10-8-7-9-14(17)21(20)28/h7-13,27H,1-6H3,(H,25,28)(H,26,29). The van der Waals surface area contributed by atoms with E-state index in [0.29, 0.717) is 16.6 Å². The van der Waals surface area contributed by atoms with E-state index < -0.39 is 6.09 Å². The smallest absolute Gasteiger partial charge is 0.417 e. The van der Waals surface area contributed by atoms with Gasteiger partial charge in [-0.1, -0.05) is 53.7 Å². The summed E-state index contributed by atoms with van der Waals surface area (Å²) in [5.74, 6) is -0.00612. The Morgan fingerprint density at radius 1 is 1.00 bits per heavy atom. The molecule has 0 aliphatic heterocycles. The fourth-order valence-corrected chi connectivity index (χ4v) is 3.37. The molecule has 0 aliphatic carbocycles. The molecule has 6 heteroatoms. The fourth-order valence-electron chi connectivity index (χ4n) is 3.37. The molecule has 0 aliphatic rings. The van der Waals surface area contributed by atoms with E-state index in [-0.39, 0.29) is 27.8 Å². The first kappa shape index (κ1) is 21.4. The minimum atomic E-state index is -0.802. The molecule has 158 valence electrons. The highest BCUT2D eigenvalue weighted by Crippen LogP contribution is 2.39. The van der Waals surface area contributed by atoms with Crippen molar-refractivity contribution in [2.75, 3.05) is 5.32 Å². The van der Waals surface area contributed by atoms with Gasteiger partial charge in [-0.15, -0.1) is 0 Å². The number of amides is 1. The molecule has 3 rings (SSSR count). The number of aromatic hydroxyl groups is 1. The number of rotatable bonds is 2. The number of phenols is 1. The Morgan fingerprint density at radius 2 is 1.63 bits per heavy atom. The molecule has 3 N–H and O–H groups in total. The molecule has 0 atom stereocenters. The average Bonchev–Trinajstić information content (AvgIpc) is 2.62. The van der Waals surface area contributed by atoms with Gasteiger partial charge in [-0.3, -0.25) is 10.1 Å². The summed E-state index contributed by atoms with van der Waals surface area (Å²) in [6.45, 7) is 12.1. The topological polar surface area (TPSA) is 91.4 Å². The lowest BCUT2D eigenvalue weighted by molar-refractivity contribution is 0.214. The summed E-state index contributed by atoms with van der Waals surface area (Å²) in [5.41, 5.74) is 1.81. The molecular formula is C24H28N2O4. The molecular weight excluding hydrogens is 380 g/mol. The summed E-state index contributed by atoms with van der Waals surface area (Å²) in [6, 6.07) is 10.4. The zero-order chi connectivity index (χ0) is 22.3. The largest absolute Gasteiger partial charge is 0.508 e. The highest BCUT2D eigenvalue weighted by atomic mass is 16.6. The maximum atomic E-state index is 12.6. The number of para-hydroxylation sites is 1. The molecule has 2 aromatic carbocycles. The lowest BCUT2D eigenvalue weighted by Crippen LogP contribution is -2.24. The molecule has 0 unspecified atom stereocenters. The van der Waals surface area contributed by atoms with Crippen LogP contribution in [-0.4, -0.2) is 16.2 Å². The van der Waals surface area contributed by atoms with E-state index >= 15 is 0 Å². The van der Waals surface area contributed by atoms with Gasteiger partial charge < -0.3 is 14.8 Å². The number of ether oxygens (including phenoxy) is 1. The van der Waals surface area contributed by atoms with Gasteiger partial charge in [0.05, 0.1) is 5.69 Å². The Bertz CT molecular complexity index is 1160.